The number of rotatable bonds is 2. The van der Waals surface area contributed by atoms with Crippen molar-refractivity contribution in [3.63, 3.8) is 0 Å². The third kappa shape index (κ3) is 2.36. The molecule has 0 saturated heterocycles. The van der Waals surface area contributed by atoms with Crippen LogP contribution in [0.1, 0.15) is 42.7 Å². The molecular weight excluding hydrogens is 318 g/mol. The van der Waals surface area contributed by atoms with E-state index in [4.69, 9.17) is 4.42 Å². The molecule has 4 aromatic rings. The van der Waals surface area contributed by atoms with E-state index in [0.29, 0.717) is 5.92 Å². The highest BCUT2D eigenvalue weighted by Crippen LogP contribution is 2.40. The van der Waals surface area contributed by atoms with E-state index in [2.05, 4.69) is 73.3 Å². The van der Waals surface area contributed by atoms with Crippen molar-refractivity contribution in [1.29, 1.82) is 0 Å². The van der Waals surface area contributed by atoms with E-state index in [1.54, 1.807) is 0 Å². The molecule has 5 rings (SSSR count). The maximum Gasteiger partial charge on any atom is 0.216 e. The average Bonchev–Trinajstić information content (AvgIpc) is 3.29. The number of aryl methyl sites for hydroxylation is 2. The molecule has 0 radical (unpaired) electrons. The fourth-order valence-electron chi connectivity index (χ4n) is 4.57. The van der Waals surface area contributed by atoms with Crippen LogP contribution in [0.25, 0.3) is 33.2 Å². The predicted molar refractivity (Wildman–Crippen MR) is 106 cm³/mol. The Morgan fingerprint density at radius 3 is 2.58 bits per heavy atom. The number of furan rings is 1. The molecule has 1 fully saturated rings. The summed E-state index contributed by atoms with van der Waals surface area (Å²) in [5.74, 6) is 0.709. The maximum atomic E-state index is 6.46. The summed E-state index contributed by atoms with van der Waals surface area (Å²) in [7, 11) is 2.09. The van der Waals surface area contributed by atoms with E-state index in [9.17, 15) is 0 Å². The third-order valence-electron chi connectivity index (χ3n) is 6.01. The van der Waals surface area contributed by atoms with Crippen molar-refractivity contribution in [2.45, 2.75) is 38.5 Å². The van der Waals surface area contributed by atoms with Gasteiger partial charge in [-0.2, -0.15) is 0 Å². The highest BCUT2D eigenvalue weighted by Gasteiger charge is 2.22. The van der Waals surface area contributed by atoms with Crippen molar-refractivity contribution in [3.8, 4) is 11.3 Å². The second kappa shape index (κ2) is 5.98. The molecule has 0 amide bonds. The van der Waals surface area contributed by atoms with Crippen molar-refractivity contribution in [3.05, 3.63) is 65.9 Å². The van der Waals surface area contributed by atoms with Gasteiger partial charge >= 0.3 is 0 Å². The van der Waals surface area contributed by atoms with E-state index in [-0.39, 0.29) is 0 Å². The lowest BCUT2D eigenvalue weighted by Crippen LogP contribution is -2.30. The minimum absolute atomic E-state index is 0.709. The lowest BCUT2D eigenvalue weighted by molar-refractivity contribution is -0.660. The number of fused-ring (bicyclic) bond motifs is 3. The van der Waals surface area contributed by atoms with Gasteiger partial charge in [-0.3, -0.25) is 0 Å². The maximum absolute atomic E-state index is 6.46. The second-order valence-corrected chi connectivity index (χ2v) is 7.67. The highest BCUT2D eigenvalue weighted by molar-refractivity contribution is 6.09. The topological polar surface area (TPSA) is 17.0 Å². The zero-order chi connectivity index (χ0) is 17.7. The average molecular weight is 342 g/mol. The molecule has 1 aliphatic rings. The van der Waals surface area contributed by atoms with Gasteiger partial charge in [0.15, 0.2) is 6.20 Å². The van der Waals surface area contributed by atoms with Gasteiger partial charge in [-0.25, -0.2) is 4.57 Å². The van der Waals surface area contributed by atoms with Crippen LogP contribution < -0.4 is 4.57 Å². The van der Waals surface area contributed by atoms with Crippen molar-refractivity contribution >= 4 is 21.9 Å². The molecule has 1 saturated carbocycles. The zero-order valence-corrected chi connectivity index (χ0v) is 15.5. The summed E-state index contributed by atoms with van der Waals surface area (Å²) in [6, 6.07) is 17.6. The fraction of sp³-hybridized carbons (Fsp3) is 0.292. The molecule has 0 unspecified atom stereocenters. The number of aromatic nitrogens is 1. The summed E-state index contributed by atoms with van der Waals surface area (Å²) >= 11 is 0. The summed E-state index contributed by atoms with van der Waals surface area (Å²) < 4.78 is 8.63. The number of hydrogen-bond acceptors (Lipinski definition) is 1. The van der Waals surface area contributed by atoms with Gasteiger partial charge < -0.3 is 4.42 Å². The first-order valence-corrected chi connectivity index (χ1v) is 9.63. The number of benzene rings is 2. The monoisotopic (exact) mass is 342 g/mol. The molecule has 0 atom stereocenters. The first kappa shape index (κ1) is 15.6. The SMILES string of the molecule is Cc1ccc2c(oc3cc(C4CCCC4)ccc32)c1-c1cccc[n+]1C. The van der Waals surface area contributed by atoms with Crippen LogP contribution in [0, 0.1) is 6.92 Å². The first-order chi connectivity index (χ1) is 12.7. The number of pyridine rings is 1. The molecule has 2 aromatic carbocycles. The van der Waals surface area contributed by atoms with Gasteiger partial charge in [0.1, 0.15) is 18.2 Å². The van der Waals surface area contributed by atoms with Gasteiger partial charge in [-0.15, -0.1) is 0 Å². The zero-order valence-electron chi connectivity index (χ0n) is 15.5. The van der Waals surface area contributed by atoms with Crippen LogP contribution in [0.5, 0.6) is 0 Å². The molecular formula is C24H24NO+. The lowest BCUT2D eigenvalue weighted by atomic mass is 9.96. The Labute approximate surface area is 154 Å². The summed E-state index contributed by atoms with van der Waals surface area (Å²) in [6.45, 7) is 2.17. The Balaban J connectivity index is 1.77. The first-order valence-electron chi connectivity index (χ1n) is 9.63. The molecule has 2 heterocycles. The standard InChI is InChI=1S/C24H24NO/c1-16-10-12-20-19-13-11-18(17-7-3-4-8-17)15-22(19)26-24(20)23(16)21-9-5-6-14-25(21)2/h5-6,9-15,17H,3-4,7-8H2,1-2H3/q+1. The number of nitrogens with zero attached hydrogens (tertiary/aromatic N) is 1. The molecule has 0 N–H and O–H groups in total. The molecule has 2 aromatic heterocycles. The fourth-order valence-corrected chi connectivity index (χ4v) is 4.57. The molecule has 1 aliphatic carbocycles. The molecule has 26 heavy (non-hydrogen) atoms. The molecule has 2 nitrogen and oxygen atoms in total. The van der Waals surface area contributed by atoms with Crippen molar-refractivity contribution in [2.24, 2.45) is 7.05 Å². The predicted octanol–water partition coefficient (Wildman–Crippen LogP) is 6.04. The Hall–Kier alpha value is -2.61. The molecule has 0 spiro atoms. The summed E-state index contributed by atoms with van der Waals surface area (Å²) in [4.78, 5) is 0. The van der Waals surface area contributed by atoms with Gasteiger partial charge in [0.05, 0.1) is 5.56 Å². The Kier molecular flexibility index (Phi) is 3.59. The molecule has 2 heteroatoms. The van der Waals surface area contributed by atoms with Crippen LogP contribution >= 0.6 is 0 Å². The summed E-state index contributed by atoms with van der Waals surface area (Å²) in [5, 5.41) is 2.43. The van der Waals surface area contributed by atoms with Gasteiger partial charge in [0, 0.05) is 22.9 Å². The summed E-state index contributed by atoms with van der Waals surface area (Å²) in [5.41, 5.74) is 7.10. The largest absolute Gasteiger partial charge is 0.455 e. The van der Waals surface area contributed by atoms with Crippen LogP contribution in [-0.4, -0.2) is 0 Å². The van der Waals surface area contributed by atoms with Crippen molar-refractivity contribution in [1.82, 2.24) is 0 Å². The molecule has 130 valence electrons. The van der Waals surface area contributed by atoms with Gasteiger partial charge in [0.2, 0.25) is 5.69 Å². The minimum Gasteiger partial charge on any atom is -0.455 e. The summed E-state index contributed by atoms with van der Waals surface area (Å²) in [6.07, 6.45) is 7.44. The smallest absolute Gasteiger partial charge is 0.216 e. The van der Waals surface area contributed by atoms with Crippen LogP contribution in [0.3, 0.4) is 0 Å². The molecule has 0 bridgehead atoms. The van der Waals surface area contributed by atoms with Crippen LogP contribution in [0.15, 0.2) is 59.1 Å². The molecule has 0 aliphatic heterocycles. The quantitative estimate of drug-likeness (QED) is 0.406. The Bertz CT molecular complexity index is 1120. The van der Waals surface area contributed by atoms with Gasteiger partial charge in [-0.05, 0) is 48.9 Å². The highest BCUT2D eigenvalue weighted by atomic mass is 16.3. The van der Waals surface area contributed by atoms with Crippen LogP contribution in [0.2, 0.25) is 0 Å². The van der Waals surface area contributed by atoms with E-state index in [1.165, 1.54) is 58.8 Å². The van der Waals surface area contributed by atoms with Gasteiger partial charge in [0.25, 0.3) is 0 Å². The van der Waals surface area contributed by atoms with Gasteiger partial charge in [-0.1, -0.05) is 37.1 Å². The van der Waals surface area contributed by atoms with E-state index in [1.807, 2.05) is 0 Å². The normalized spacial score (nSPS) is 15.3. The second-order valence-electron chi connectivity index (χ2n) is 7.67. The van der Waals surface area contributed by atoms with Crippen molar-refractivity contribution in [2.75, 3.05) is 0 Å². The van der Waals surface area contributed by atoms with Crippen LogP contribution in [-0.2, 0) is 7.05 Å². The number of hydrogen-bond donors (Lipinski definition) is 0. The van der Waals surface area contributed by atoms with Crippen LogP contribution in [0.4, 0.5) is 0 Å². The van der Waals surface area contributed by atoms with Crippen molar-refractivity contribution < 1.29 is 8.98 Å². The van der Waals surface area contributed by atoms with E-state index < -0.39 is 0 Å². The Morgan fingerprint density at radius 2 is 1.77 bits per heavy atom. The third-order valence-corrected chi connectivity index (χ3v) is 6.01. The van der Waals surface area contributed by atoms with E-state index >= 15 is 0 Å². The van der Waals surface area contributed by atoms with E-state index in [0.717, 1.165) is 11.2 Å². The Morgan fingerprint density at radius 1 is 0.962 bits per heavy atom. The lowest BCUT2D eigenvalue weighted by Gasteiger charge is -2.08. The minimum atomic E-state index is 0.709.